The Morgan fingerprint density at radius 3 is 2.72 bits per heavy atom. The summed E-state index contributed by atoms with van der Waals surface area (Å²) in [6.07, 6.45) is 6.90. The van der Waals surface area contributed by atoms with Crippen molar-refractivity contribution in [3.63, 3.8) is 0 Å². The molecule has 3 fully saturated rings. The highest BCUT2D eigenvalue weighted by atomic mass is 127. The van der Waals surface area contributed by atoms with Gasteiger partial charge in [-0.25, -0.2) is 4.98 Å². The summed E-state index contributed by atoms with van der Waals surface area (Å²) >= 11 is 0. The lowest BCUT2D eigenvalue weighted by molar-refractivity contribution is -0.188. The highest BCUT2D eigenvalue weighted by molar-refractivity contribution is 14.0. The number of rotatable bonds is 4. The molecule has 0 bridgehead atoms. The van der Waals surface area contributed by atoms with Gasteiger partial charge in [-0.15, -0.1) is 24.0 Å². The molecule has 0 aromatic carbocycles. The summed E-state index contributed by atoms with van der Waals surface area (Å²) in [5.74, 6) is 2.67. The summed E-state index contributed by atoms with van der Waals surface area (Å²) in [6, 6.07) is 7.02. The minimum atomic E-state index is 0. The van der Waals surface area contributed by atoms with Gasteiger partial charge in [-0.3, -0.25) is 4.99 Å². The maximum atomic E-state index is 6.06. The quantitative estimate of drug-likeness (QED) is 0.367. The van der Waals surface area contributed by atoms with E-state index in [1.165, 1.54) is 12.8 Å². The molecule has 29 heavy (non-hydrogen) atoms. The van der Waals surface area contributed by atoms with E-state index in [0.29, 0.717) is 24.1 Å². The Morgan fingerprint density at radius 2 is 2.03 bits per heavy atom. The smallest absolute Gasteiger partial charge is 0.191 e. The van der Waals surface area contributed by atoms with Crippen LogP contribution in [0.1, 0.15) is 46.5 Å². The highest BCUT2D eigenvalue weighted by Crippen LogP contribution is 2.51. The number of pyridine rings is 1. The molecule has 4 rings (SSSR count). The third-order valence-electron chi connectivity index (χ3n) is 6.75. The first-order valence-corrected chi connectivity index (χ1v) is 10.9. The third-order valence-corrected chi connectivity index (χ3v) is 6.75. The van der Waals surface area contributed by atoms with Gasteiger partial charge < -0.3 is 20.3 Å². The van der Waals surface area contributed by atoms with Gasteiger partial charge in [0.25, 0.3) is 0 Å². The zero-order chi connectivity index (χ0) is 19.6. The molecule has 1 aliphatic carbocycles. The molecule has 3 heterocycles. The van der Waals surface area contributed by atoms with Crippen molar-refractivity contribution in [1.29, 1.82) is 0 Å². The van der Waals surface area contributed by atoms with Crippen LogP contribution < -0.4 is 15.5 Å². The third kappa shape index (κ3) is 4.81. The first-order valence-electron chi connectivity index (χ1n) is 10.9. The summed E-state index contributed by atoms with van der Waals surface area (Å²) in [4.78, 5) is 11.6. The van der Waals surface area contributed by atoms with Crippen molar-refractivity contribution in [2.24, 2.45) is 16.3 Å². The molecule has 7 heteroatoms. The SMILES string of the molecule is CCN=C(NC1CCN(c2ccccn2)CC1)NC1C2CCCOC2C1(C)C.I. The Labute approximate surface area is 192 Å². The molecule has 2 N–H and O–H groups in total. The second kappa shape index (κ2) is 9.81. The number of hydrogen-bond acceptors (Lipinski definition) is 4. The van der Waals surface area contributed by atoms with Crippen molar-refractivity contribution in [3.8, 4) is 0 Å². The zero-order valence-electron chi connectivity index (χ0n) is 17.9. The lowest BCUT2D eigenvalue weighted by Gasteiger charge is -2.60. The van der Waals surface area contributed by atoms with E-state index in [4.69, 9.17) is 9.73 Å². The van der Waals surface area contributed by atoms with E-state index in [-0.39, 0.29) is 29.4 Å². The number of halogens is 1. The molecule has 0 amide bonds. The predicted octanol–water partition coefficient (Wildman–Crippen LogP) is 3.43. The molecule has 3 aliphatic rings. The van der Waals surface area contributed by atoms with E-state index in [9.17, 15) is 0 Å². The Morgan fingerprint density at radius 1 is 1.24 bits per heavy atom. The van der Waals surface area contributed by atoms with Crippen LogP contribution in [-0.4, -0.2) is 55.4 Å². The predicted molar refractivity (Wildman–Crippen MR) is 129 cm³/mol. The van der Waals surface area contributed by atoms with Crippen molar-refractivity contribution in [2.45, 2.75) is 64.6 Å². The molecule has 2 saturated heterocycles. The monoisotopic (exact) mass is 513 g/mol. The van der Waals surface area contributed by atoms with Crippen molar-refractivity contribution in [3.05, 3.63) is 24.4 Å². The second-order valence-corrected chi connectivity index (χ2v) is 8.96. The molecule has 1 aromatic heterocycles. The van der Waals surface area contributed by atoms with Crippen LogP contribution in [0, 0.1) is 11.3 Å². The molecular formula is C22H36IN5O. The number of fused-ring (bicyclic) bond motifs is 1. The van der Waals surface area contributed by atoms with Gasteiger partial charge in [0.05, 0.1) is 6.10 Å². The van der Waals surface area contributed by atoms with Gasteiger partial charge in [-0.2, -0.15) is 0 Å². The maximum Gasteiger partial charge on any atom is 0.191 e. The molecule has 0 radical (unpaired) electrons. The fraction of sp³-hybridized carbons (Fsp3) is 0.727. The lowest BCUT2D eigenvalue weighted by atomic mass is 9.55. The van der Waals surface area contributed by atoms with Gasteiger partial charge in [0, 0.05) is 55.9 Å². The van der Waals surface area contributed by atoms with Crippen LogP contribution in [0.4, 0.5) is 5.82 Å². The van der Waals surface area contributed by atoms with Crippen LogP contribution in [0.3, 0.4) is 0 Å². The maximum absolute atomic E-state index is 6.06. The summed E-state index contributed by atoms with van der Waals surface area (Å²) in [5, 5.41) is 7.48. The van der Waals surface area contributed by atoms with E-state index in [1.54, 1.807) is 0 Å². The van der Waals surface area contributed by atoms with Gasteiger partial charge in [-0.1, -0.05) is 19.9 Å². The van der Waals surface area contributed by atoms with Crippen molar-refractivity contribution in [1.82, 2.24) is 15.6 Å². The summed E-state index contributed by atoms with van der Waals surface area (Å²) in [7, 11) is 0. The van der Waals surface area contributed by atoms with Crippen LogP contribution in [0.2, 0.25) is 0 Å². The number of nitrogens with one attached hydrogen (secondary N) is 2. The molecule has 1 saturated carbocycles. The number of nitrogens with zero attached hydrogens (tertiary/aromatic N) is 3. The highest BCUT2D eigenvalue weighted by Gasteiger charge is 2.58. The fourth-order valence-corrected chi connectivity index (χ4v) is 5.24. The molecule has 3 unspecified atom stereocenters. The number of anilines is 1. The number of ether oxygens (including phenoxy) is 1. The van der Waals surface area contributed by atoms with Gasteiger partial charge in [-0.05, 0) is 44.7 Å². The second-order valence-electron chi connectivity index (χ2n) is 8.96. The minimum absolute atomic E-state index is 0. The largest absolute Gasteiger partial charge is 0.377 e. The summed E-state index contributed by atoms with van der Waals surface area (Å²) < 4.78 is 6.06. The van der Waals surface area contributed by atoms with E-state index in [2.05, 4.69) is 53.4 Å². The van der Waals surface area contributed by atoms with Crippen LogP contribution in [0.15, 0.2) is 29.4 Å². The van der Waals surface area contributed by atoms with Crippen molar-refractivity contribution in [2.75, 3.05) is 31.1 Å². The molecule has 0 spiro atoms. The van der Waals surface area contributed by atoms with E-state index >= 15 is 0 Å². The Kier molecular flexibility index (Phi) is 7.64. The van der Waals surface area contributed by atoms with Crippen LogP contribution in [0.5, 0.6) is 0 Å². The van der Waals surface area contributed by atoms with Crippen LogP contribution in [0.25, 0.3) is 0 Å². The zero-order valence-corrected chi connectivity index (χ0v) is 20.3. The van der Waals surface area contributed by atoms with E-state index < -0.39 is 0 Å². The van der Waals surface area contributed by atoms with E-state index in [1.807, 2.05) is 12.3 Å². The van der Waals surface area contributed by atoms with Crippen LogP contribution in [-0.2, 0) is 4.74 Å². The van der Waals surface area contributed by atoms with Crippen molar-refractivity contribution >= 4 is 35.8 Å². The fourth-order valence-electron chi connectivity index (χ4n) is 5.24. The number of piperidine rings is 1. The molecule has 6 nitrogen and oxygen atoms in total. The Hall–Kier alpha value is -1.09. The summed E-state index contributed by atoms with van der Waals surface area (Å²) in [6.45, 7) is 10.5. The number of aromatic nitrogens is 1. The number of aliphatic imine (C=N–C) groups is 1. The normalized spacial score (nSPS) is 29.3. The van der Waals surface area contributed by atoms with Crippen LogP contribution >= 0.6 is 24.0 Å². The average molecular weight is 513 g/mol. The Balaban J connectivity index is 0.00000240. The molecule has 1 aromatic rings. The molecule has 162 valence electrons. The Bertz CT molecular complexity index is 675. The van der Waals surface area contributed by atoms with Gasteiger partial charge in [0.15, 0.2) is 5.96 Å². The first kappa shape index (κ1) is 22.6. The molecular weight excluding hydrogens is 477 g/mol. The topological polar surface area (TPSA) is 61.8 Å². The molecule has 3 atom stereocenters. The van der Waals surface area contributed by atoms with E-state index in [0.717, 1.165) is 50.9 Å². The standard InChI is InChI=1S/C22H35N5O.HI/c1-4-23-21(26-19-17-8-7-15-28-20(17)22(19,2)3)25-16-10-13-27(14-11-16)18-9-5-6-12-24-18;/h5-6,9,12,16-17,19-20H,4,7-8,10-11,13-15H2,1-3H3,(H2,23,25,26);1H. The lowest BCUT2D eigenvalue weighted by Crippen LogP contribution is -2.71. The molecule has 2 aliphatic heterocycles. The van der Waals surface area contributed by atoms with Gasteiger partial charge >= 0.3 is 0 Å². The first-order chi connectivity index (χ1) is 13.6. The number of guanidine groups is 1. The van der Waals surface area contributed by atoms with Crippen molar-refractivity contribution < 1.29 is 4.74 Å². The average Bonchev–Trinajstić information content (AvgIpc) is 2.73. The number of hydrogen-bond donors (Lipinski definition) is 2. The summed E-state index contributed by atoms with van der Waals surface area (Å²) in [5.41, 5.74) is 0.156. The minimum Gasteiger partial charge on any atom is -0.377 e. The van der Waals surface area contributed by atoms with Gasteiger partial charge in [0.1, 0.15) is 5.82 Å². The van der Waals surface area contributed by atoms with Gasteiger partial charge in [0.2, 0.25) is 0 Å².